The van der Waals surface area contributed by atoms with E-state index in [1.807, 2.05) is 0 Å². The standard InChI is InChI=1S/C20H12BrFN2O2/c21-13-7-5-12(6-8-13)19(25)23-14-9-10-17-18(11-14)26-20(24-17)15-3-1-2-4-16(15)22/h1-11H,(H,23,25). The minimum atomic E-state index is -0.400. The first-order chi connectivity index (χ1) is 12.6. The Labute approximate surface area is 156 Å². The molecule has 0 spiro atoms. The van der Waals surface area contributed by atoms with Crippen LogP contribution >= 0.6 is 15.9 Å². The maximum absolute atomic E-state index is 13.9. The number of anilines is 1. The van der Waals surface area contributed by atoms with E-state index < -0.39 is 5.82 Å². The molecule has 26 heavy (non-hydrogen) atoms. The van der Waals surface area contributed by atoms with Crippen LogP contribution in [0.25, 0.3) is 22.6 Å². The van der Waals surface area contributed by atoms with E-state index in [4.69, 9.17) is 4.42 Å². The van der Waals surface area contributed by atoms with E-state index in [1.54, 1.807) is 60.7 Å². The lowest BCUT2D eigenvalue weighted by atomic mass is 10.2. The molecule has 4 nitrogen and oxygen atoms in total. The Bertz CT molecular complexity index is 1110. The molecule has 1 amide bonds. The summed E-state index contributed by atoms with van der Waals surface area (Å²) in [6.07, 6.45) is 0. The highest BCUT2D eigenvalue weighted by molar-refractivity contribution is 9.10. The number of nitrogens with one attached hydrogen (secondary N) is 1. The van der Waals surface area contributed by atoms with Crippen LogP contribution in [-0.2, 0) is 0 Å². The molecular weight excluding hydrogens is 399 g/mol. The summed E-state index contributed by atoms with van der Waals surface area (Å²) in [4.78, 5) is 16.6. The Morgan fingerprint density at radius 2 is 1.81 bits per heavy atom. The number of hydrogen-bond donors (Lipinski definition) is 1. The summed E-state index contributed by atoms with van der Waals surface area (Å²) in [5.74, 6) is -0.428. The lowest BCUT2D eigenvalue weighted by Gasteiger charge is -2.05. The molecule has 128 valence electrons. The second-order valence-corrected chi connectivity index (χ2v) is 6.56. The molecule has 3 aromatic carbocycles. The quantitative estimate of drug-likeness (QED) is 0.474. The van der Waals surface area contributed by atoms with Gasteiger partial charge in [0.1, 0.15) is 11.3 Å². The number of carbonyl (C=O) groups excluding carboxylic acids is 1. The monoisotopic (exact) mass is 410 g/mol. The third kappa shape index (κ3) is 3.23. The largest absolute Gasteiger partial charge is 0.436 e. The van der Waals surface area contributed by atoms with Crippen LogP contribution in [0.15, 0.2) is 75.6 Å². The summed E-state index contributed by atoms with van der Waals surface area (Å²) in [6, 6.07) is 18.5. The summed E-state index contributed by atoms with van der Waals surface area (Å²) < 4.78 is 20.5. The predicted octanol–water partition coefficient (Wildman–Crippen LogP) is 5.65. The number of amides is 1. The molecule has 0 aliphatic rings. The van der Waals surface area contributed by atoms with E-state index in [-0.39, 0.29) is 11.8 Å². The molecule has 0 saturated heterocycles. The molecule has 4 aromatic rings. The van der Waals surface area contributed by atoms with Gasteiger partial charge in [-0.3, -0.25) is 4.79 Å². The van der Waals surface area contributed by atoms with E-state index in [9.17, 15) is 9.18 Å². The van der Waals surface area contributed by atoms with Gasteiger partial charge in [0.15, 0.2) is 5.58 Å². The summed E-state index contributed by atoms with van der Waals surface area (Å²) >= 11 is 3.34. The number of halogens is 2. The average molecular weight is 411 g/mol. The van der Waals surface area contributed by atoms with Gasteiger partial charge in [0, 0.05) is 21.8 Å². The lowest BCUT2D eigenvalue weighted by molar-refractivity contribution is 0.102. The van der Waals surface area contributed by atoms with E-state index in [1.165, 1.54) is 6.07 Å². The highest BCUT2D eigenvalue weighted by Crippen LogP contribution is 2.28. The van der Waals surface area contributed by atoms with Crippen LogP contribution < -0.4 is 5.32 Å². The van der Waals surface area contributed by atoms with Crippen molar-refractivity contribution in [3.8, 4) is 11.5 Å². The van der Waals surface area contributed by atoms with Crippen molar-refractivity contribution in [2.75, 3.05) is 5.32 Å². The van der Waals surface area contributed by atoms with Crippen molar-refractivity contribution in [2.45, 2.75) is 0 Å². The molecule has 0 unspecified atom stereocenters. The molecule has 0 radical (unpaired) electrons. The van der Waals surface area contributed by atoms with Crippen LogP contribution in [0.4, 0.5) is 10.1 Å². The highest BCUT2D eigenvalue weighted by atomic mass is 79.9. The number of nitrogens with zero attached hydrogens (tertiary/aromatic N) is 1. The van der Waals surface area contributed by atoms with Gasteiger partial charge in [-0.15, -0.1) is 0 Å². The van der Waals surface area contributed by atoms with Gasteiger partial charge in [0.05, 0.1) is 5.56 Å². The minimum absolute atomic E-state index is 0.203. The fraction of sp³-hybridized carbons (Fsp3) is 0. The Morgan fingerprint density at radius 3 is 2.58 bits per heavy atom. The zero-order valence-electron chi connectivity index (χ0n) is 13.4. The van der Waals surface area contributed by atoms with Crippen molar-refractivity contribution >= 4 is 38.6 Å². The molecule has 0 aliphatic heterocycles. The number of aromatic nitrogens is 1. The fourth-order valence-corrected chi connectivity index (χ4v) is 2.82. The summed E-state index contributed by atoms with van der Waals surface area (Å²) in [7, 11) is 0. The topological polar surface area (TPSA) is 55.1 Å². The van der Waals surface area contributed by atoms with Gasteiger partial charge < -0.3 is 9.73 Å². The first-order valence-corrected chi connectivity index (χ1v) is 8.62. The Balaban J connectivity index is 1.62. The van der Waals surface area contributed by atoms with Gasteiger partial charge in [-0.1, -0.05) is 28.1 Å². The van der Waals surface area contributed by atoms with Crippen molar-refractivity contribution in [1.82, 2.24) is 4.98 Å². The maximum Gasteiger partial charge on any atom is 0.255 e. The Kier molecular flexibility index (Phi) is 4.26. The normalized spacial score (nSPS) is 10.8. The maximum atomic E-state index is 13.9. The number of rotatable bonds is 3. The van der Waals surface area contributed by atoms with Crippen molar-refractivity contribution in [3.63, 3.8) is 0 Å². The third-order valence-corrected chi connectivity index (χ3v) is 4.39. The number of benzene rings is 3. The lowest BCUT2D eigenvalue weighted by Crippen LogP contribution is -2.11. The van der Waals surface area contributed by atoms with Gasteiger partial charge in [-0.05, 0) is 48.5 Å². The third-order valence-electron chi connectivity index (χ3n) is 3.86. The zero-order chi connectivity index (χ0) is 18.1. The first-order valence-electron chi connectivity index (χ1n) is 7.82. The molecule has 1 aromatic heterocycles. The number of fused-ring (bicyclic) bond motifs is 1. The van der Waals surface area contributed by atoms with E-state index in [0.29, 0.717) is 27.9 Å². The molecular formula is C20H12BrFN2O2. The highest BCUT2D eigenvalue weighted by Gasteiger charge is 2.13. The van der Waals surface area contributed by atoms with Crippen molar-refractivity contribution < 1.29 is 13.6 Å². The van der Waals surface area contributed by atoms with Crippen LogP contribution in [0.1, 0.15) is 10.4 Å². The molecule has 0 fully saturated rings. The van der Waals surface area contributed by atoms with Gasteiger partial charge in [0.2, 0.25) is 5.89 Å². The predicted molar refractivity (Wildman–Crippen MR) is 101 cm³/mol. The van der Waals surface area contributed by atoms with Crippen LogP contribution in [0.5, 0.6) is 0 Å². The average Bonchev–Trinajstić information content (AvgIpc) is 3.05. The molecule has 1 heterocycles. The van der Waals surface area contributed by atoms with E-state index in [0.717, 1.165) is 4.47 Å². The summed E-state index contributed by atoms with van der Waals surface area (Å²) in [5.41, 5.74) is 2.46. The number of carbonyl (C=O) groups is 1. The minimum Gasteiger partial charge on any atom is -0.436 e. The van der Waals surface area contributed by atoms with E-state index in [2.05, 4.69) is 26.2 Å². The molecule has 0 saturated carbocycles. The first kappa shape index (κ1) is 16.5. The van der Waals surface area contributed by atoms with Crippen molar-refractivity contribution in [3.05, 3.63) is 82.6 Å². The molecule has 0 bridgehead atoms. The van der Waals surface area contributed by atoms with Crippen LogP contribution in [0.2, 0.25) is 0 Å². The molecule has 0 aliphatic carbocycles. The van der Waals surface area contributed by atoms with Gasteiger partial charge >= 0.3 is 0 Å². The fourth-order valence-electron chi connectivity index (χ4n) is 2.56. The molecule has 4 rings (SSSR count). The smallest absolute Gasteiger partial charge is 0.255 e. The second-order valence-electron chi connectivity index (χ2n) is 5.64. The summed E-state index contributed by atoms with van der Waals surface area (Å²) in [5, 5.41) is 2.81. The van der Waals surface area contributed by atoms with Gasteiger partial charge in [0.25, 0.3) is 5.91 Å². The number of hydrogen-bond acceptors (Lipinski definition) is 3. The molecule has 0 atom stereocenters. The number of oxazole rings is 1. The van der Waals surface area contributed by atoms with Crippen LogP contribution in [0, 0.1) is 5.82 Å². The van der Waals surface area contributed by atoms with E-state index >= 15 is 0 Å². The van der Waals surface area contributed by atoms with Gasteiger partial charge in [-0.2, -0.15) is 0 Å². The second kappa shape index (κ2) is 6.72. The van der Waals surface area contributed by atoms with Gasteiger partial charge in [-0.25, -0.2) is 9.37 Å². The van der Waals surface area contributed by atoms with Crippen LogP contribution in [0.3, 0.4) is 0 Å². The van der Waals surface area contributed by atoms with Crippen molar-refractivity contribution in [1.29, 1.82) is 0 Å². The SMILES string of the molecule is O=C(Nc1ccc2nc(-c3ccccc3F)oc2c1)c1ccc(Br)cc1. The molecule has 6 heteroatoms. The Morgan fingerprint density at radius 1 is 1.04 bits per heavy atom. The zero-order valence-corrected chi connectivity index (χ0v) is 15.0. The van der Waals surface area contributed by atoms with Crippen LogP contribution in [-0.4, -0.2) is 10.9 Å². The van der Waals surface area contributed by atoms with Crippen molar-refractivity contribution in [2.24, 2.45) is 0 Å². The summed E-state index contributed by atoms with van der Waals surface area (Å²) in [6.45, 7) is 0. The molecule has 1 N–H and O–H groups in total. The Hall–Kier alpha value is -2.99.